The van der Waals surface area contributed by atoms with Gasteiger partial charge in [-0.15, -0.1) is 11.3 Å². The van der Waals surface area contributed by atoms with Crippen LogP contribution in [0.3, 0.4) is 0 Å². The second kappa shape index (κ2) is 9.25. The lowest BCUT2D eigenvalue weighted by Gasteiger charge is -2.29. The zero-order valence-corrected chi connectivity index (χ0v) is 19.4. The fourth-order valence-corrected chi connectivity index (χ4v) is 5.17. The van der Waals surface area contributed by atoms with Crippen molar-refractivity contribution in [2.75, 3.05) is 13.1 Å². The number of allylic oxidation sites excluding steroid dienone is 4. The smallest absolute Gasteiger partial charge is 0.167 e. The standard InChI is InChI=1S/C26H28N4OS/c1-18-8-9-19(2)22(14-18)27-17-30-12-10-21(11-13-30)26-28-24(16-32-26)23-15-25(31-29-23)20-6-4-3-5-7-20/h4,6-9,14-17,21H,3,5,10-13H2,1-2H3. The minimum atomic E-state index is 0.495. The number of aromatic nitrogens is 2. The van der Waals surface area contributed by atoms with Crippen LogP contribution in [-0.2, 0) is 0 Å². The van der Waals surface area contributed by atoms with Gasteiger partial charge in [0.2, 0.25) is 0 Å². The van der Waals surface area contributed by atoms with Crippen molar-refractivity contribution in [3.63, 3.8) is 0 Å². The fraction of sp³-hybridized carbons (Fsp3) is 0.346. The van der Waals surface area contributed by atoms with Crippen molar-refractivity contribution in [1.29, 1.82) is 0 Å². The van der Waals surface area contributed by atoms with Gasteiger partial charge in [-0.05, 0) is 56.7 Å². The highest BCUT2D eigenvalue weighted by atomic mass is 32.1. The summed E-state index contributed by atoms with van der Waals surface area (Å²) in [6.45, 7) is 6.22. The van der Waals surface area contributed by atoms with E-state index in [1.54, 1.807) is 11.3 Å². The Balaban J connectivity index is 1.20. The zero-order valence-electron chi connectivity index (χ0n) is 18.6. The van der Waals surface area contributed by atoms with Gasteiger partial charge >= 0.3 is 0 Å². The van der Waals surface area contributed by atoms with Gasteiger partial charge in [-0.25, -0.2) is 9.98 Å². The molecular formula is C26H28N4OS. The molecule has 5 rings (SSSR count). The number of aryl methyl sites for hydroxylation is 2. The summed E-state index contributed by atoms with van der Waals surface area (Å²) >= 11 is 1.74. The average molecular weight is 445 g/mol. The van der Waals surface area contributed by atoms with Crippen LogP contribution in [0.25, 0.3) is 17.0 Å². The van der Waals surface area contributed by atoms with Crippen LogP contribution in [0, 0.1) is 13.8 Å². The predicted molar refractivity (Wildman–Crippen MR) is 132 cm³/mol. The molecule has 0 unspecified atom stereocenters. The maximum absolute atomic E-state index is 5.58. The van der Waals surface area contributed by atoms with E-state index in [2.05, 4.69) is 65.7 Å². The van der Waals surface area contributed by atoms with Gasteiger partial charge in [-0.2, -0.15) is 0 Å². The van der Waals surface area contributed by atoms with Crippen LogP contribution < -0.4 is 0 Å². The maximum atomic E-state index is 5.58. The van der Waals surface area contributed by atoms with Crippen molar-refractivity contribution in [2.45, 2.75) is 45.4 Å². The Bertz CT molecular complexity index is 1180. The fourth-order valence-electron chi connectivity index (χ4n) is 4.19. The van der Waals surface area contributed by atoms with Crippen molar-refractivity contribution >= 4 is 28.9 Å². The number of aliphatic imine (C=N–C) groups is 1. The third kappa shape index (κ3) is 4.60. The van der Waals surface area contributed by atoms with E-state index in [0.717, 1.165) is 67.2 Å². The van der Waals surface area contributed by atoms with Gasteiger partial charge in [0, 0.05) is 36.0 Å². The Hall–Kier alpha value is -2.99. The van der Waals surface area contributed by atoms with Gasteiger partial charge in [0.15, 0.2) is 5.76 Å². The lowest BCUT2D eigenvalue weighted by Crippen LogP contribution is -2.31. The maximum Gasteiger partial charge on any atom is 0.167 e. The highest BCUT2D eigenvalue weighted by Gasteiger charge is 2.23. The Kier molecular flexibility index (Phi) is 6.04. The average Bonchev–Trinajstić information content (AvgIpc) is 3.51. The molecule has 1 aromatic carbocycles. The molecule has 5 nitrogen and oxygen atoms in total. The van der Waals surface area contributed by atoms with Crippen molar-refractivity contribution in [3.8, 4) is 11.4 Å². The number of likely N-dealkylation sites (tertiary alicyclic amines) is 1. The van der Waals surface area contributed by atoms with Gasteiger partial charge in [0.1, 0.15) is 11.4 Å². The van der Waals surface area contributed by atoms with Crippen LogP contribution in [0.1, 0.15) is 53.5 Å². The molecule has 32 heavy (non-hydrogen) atoms. The second-order valence-corrected chi connectivity index (χ2v) is 9.52. The third-order valence-electron chi connectivity index (χ3n) is 6.18. The SMILES string of the molecule is Cc1ccc(C)c(N=CN2CCC(c3nc(-c4cc(C5=CCCC=C5)on4)cs3)CC2)c1. The summed E-state index contributed by atoms with van der Waals surface area (Å²) in [4.78, 5) is 12.0. The molecule has 1 aliphatic carbocycles. The molecule has 164 valence electrons. The Morgan fingerprint density at radius 2 is 2.00 bits per heavy atom. The first-order chi connectivity index (χ1) is 15.7. The van der Waals surface area contributed by atoms with Crippen molar-refractivity contribution in [2.24, 2.45) is 4.99 Å². The van der Waals surface area contributed by atoms with E-state index in [-0.39, 0.29) is 0 Å². The highest BCUT2D eigenvalue weighted by Crippen LogP contribution is 2.33. The van der Waals surface area contributed by atoms with E-state index in [4.69, 9.17) is 14.5 Å². The first-order valence-electron chi connectivity index (χ1n) is 11.3. The van der Waals surface area contributed by atoms with Crippen LogP contribution >= 0.6 is 11.3 Å². The summed E-state index contributed by atoms with van der Waals surface area (Å²) in [6, 6.07) is 8.42. The molecule has 0 amide bonds. The van der Waals surface area contributed by atoms with Crippen molar-refractivity contribution in [3.05, 3.63) is 69.8 Å². The number of hydrogen-bond donors (Lipinski definition) is 0. The van der Waals surface area contributed by atoms with E-state index in [1.807, 2.05) is 12.4 Å². The first kappa shape index (κ1) is 20.9. The molecule has 1 saturated heterocycles. The Labute approximate surface area is 193 Å². The largest absolute Gasteiger partial charge is 0.363 e. The molecule has 1 aliphatic heterocycles. The molecule has 0 N–H and O–H groups in total. The quantitative estimate of drug-likeness (QED) is 0.325. The predicted octanol–water partition coefficient (Wildman–Crippen LogP) is 6.69. The van der Waals surface area contributed by atoms with Gasteiger partial charge in [-0.1, -0.05) is 35.5 Å². The van der Waals surface area contributed by atoms with Crippen molar-refractivity contribution in [1.82, 2.24) is 15.0 Å². The van der Waals surface area contributed by atoms with Crippen LogP contribution in [0.5, 0.6) is 0 Å². The molecule has 0 atom stereocenters. The molecule has 0 spiro atoms. The molecule has 2 aliphatic rings. The highest BCUT2D eigenvalue weighted by molar-refractivity contribution is 7.10. The van der Waals surface area contributed by atoms with E-state index in [9.17, 15) is 0 Å². The molecule has 3 heterocycles. The van der Waals surface area contributed by atoms with E-state index < -0.39 is 0 Å². The number of rotatable bonds is 5. The van der Waals surface area contributed by atoms with Gasteiger partial charge in [0.05, 0.1) is 17.0 Å². The molecule has 6 heteroatoms. The van der Waals surface area contributed by atoms with Crippen LogP contribution in [0.4, 0.5) is 5.69 Å². The minimum Gasteiger partial charge on any atom is -0.363 e. The number of benzene rings is 1. The molecule has 3 aromatic rings. The van der Waals surface area contributed by atoms with Gasteiger partial charge < -0.3 is 9.42 Å². The first-order valence-corrected chi connectivity index (χ1v) is 12.2. The summed E-state index contributed by atoms with van der Waals surface area (Å²) in [7, 11) is 0. The van der Waals surface area contributed by atoms with Gasteiger partial charge in [-0.3, -0.25) is 0 Å². The molecule has 0 saturated carbocycles. The number of thiazole rings is 1. The molecular weight excluding hydrogens is 416 g/mol. The van der Waals surface area contributed by atoms with Crippen LogP contribution in [-0.4, -0.2) is 34.5 Å². The summed E-state index contributed by atoms with van der Waals surface area (Å²) in [6.07, 6.45) is 12.8. The topological polar surface area (TPSA) is 54.5 Å². The van der Waals surface area contributed by atoms with E-state index >= 15 is 0 Å². The number of hydrogen-bond acceptors (Lipinski definition) is 5. The summed E-state index contributed by atoms with van der Waals surface area (Å²) in [5.41, 5.74) is 6.36. The summed E-state index contributed by atoms with van der Waals surface area (Å²) < 4.78 is 5.58. The molecule has 0 bridgehead atoms. The number of piperidine rings is 1. The Morgan fingerprint density at radius 1 is 1.12 bits per heavy atom. The third-order valence-corrected chi connectivity index (χ3v) is 7.18. The number of nitrogens with zero attached hydrogens (tertiary/aromatic N) is 4. The van der Waals surface area contributed by atoms with Crippen LogP contribution in [0.2, 0.25) is 0 Å². The lowest BCUT2D eigenvalue weighted by atomic mass is 9.98. The zero-order chi connectivity index (χ0) is 21.9. The van der Waals surface area contributed by atoms with Crippen molar-refractivity contribution < 1.29 is 4.52 Å². The lowest BCUT2D eigenvalue weighted by molar-refractivity contribution is 0.320. The van der Waals surface area contributed by atoms with E-state index in [0.29, 0.717) is 5.92 Å². The normalized spacial score (nSPS) is 17.3. The molecule has 2 aromatic heterocycles. The monoisotopic (exact) mass is 444 g/mol. The molecule has 0 radical (unpaired) electrons. The Morgan fingerprint density at radius 3 is 2.81 bits per heavy atom. The summed E-state index contributed by atoms with van der Waals surface area (Å²) in [5.74, 6) is 1.32. The van der Waals surface area contributed by atoms with Gasteiger partial charge in [0.25, 0.3) is 0 Å². The summed E-state index contributed by atoms with van der Waals surface area (Å²) in [5, 5.41) is 7.58. The van der Waals surface area contributed by atoms with E-state index in [1.165, 1.54) is 16.1 Å². The second-order valence-electron chi connectivity index (χ2n) is 8.63. The molecule has 1 fully saturated rings. The van der Waals surface area contributed by atoms with Crippen LogP contribution in [0.15, 0.2) is 57.4 Å². The minimum absolute atomic E-state index is 0.495.